The lowest BCUT2D eigenvalue weighted by Crippen LogP contribution is -2.55. The first-order valence-electron chi connectivity index (χ1n) is 10.1. The number of nitrogens with zero attached hydrogens (tertiary/aromatic N) is 1. The molecule has 0 radical (unpaired) electrons. The van der Waals surface area contributed by atoms with Gasteiger partial charge in [-0.05, 0) is 86.8 Å². The van der Waals surface area contributed by atoms with Gasteiger partial charge in [0.1, 0.15) is 0 Å². The molecule has 4 aliphatic carbocycles. The van der Waals surface area contributed by atoms with E-state index >= 15 is 0 Å². The number of hydrogen-bond donors (Lipinski definition) is 1. The predicted molar refractivity (Wildman–Crippen MR) is 110 cm³/mol. The van der Waals surface area contributed by atoms with E-state index in [4.69, 9.17) is 11.6 Å². The summed E-state index contributed by atoms with van der Waals surface area (Å²) >= 11 is 6.25. The van der Waals surface area contributed by atoms with Crippen LogP contribution in [0.3, 0.4) is 0 Å². The highest BCUT2D eigenvalue weighted by atomic mass is 35.5. The summed E-state index contributed by atoms with van der Waals surface area (Å²) in [5.74, 6) is 2.14. The highest BCUT2D eigenvalue weighted by Gasteiger charge is 2.53. The normalized spacial score (nSPS) is 32.5. The van der Waals surface area contributed by atoms with Crippen LogP contribution in [0.2, 0.25) is 5.02 Å². The maximum atomic E-state index is 13.0. The van der Waals surface area contributed by atoms with Crippen molar-refractivity contribution < 1.29 is 13.2 Å². The van der Waals surface area contributed by atoms with Crippen molar-refractivity contribution in [2.45, 2.75) is 56.4 Å². The molecular formula is C21H29ClN2O3S. The molecule has 5 rings (SSSR count). The van der Waals surface area contributed by atoms with Crippen molar-refractivity contribution in [1.82, 2.24) is 9.62 Å². The first-order chi connectivity index (χ1) is 13.1. The summed E-state index contributed by atoms with van der Waals surface area (Å²) in [7, 11) is -0.678. The lowest BCUT2D eigenvalue weighted by atomic mass is 9.48. The molecule has 1 atom stereocenters. The molecule has 4 fully saturated rings. The van der Waals surface area contributed by atoms with Crippen LogP contribution in [-0.2, 0) is 10.0 Å². The number of halogens is 1. The van der Waals surface area contributed by atoms with Crippen molar-refractivity contribution >= 4 is 27.5 Å². The fourth-order valence-corrected chi connectivity index (χ4v) is 7.32. The Balaban J connectivity index is 1.56. The number of rotatable bonds is 5. The molecule has 7 heteroatoms. The summed E-state index contributed by atoms with van der Waals surface area (Å²) in [6.45, 7) is 2.11. The first-order valence-corrected chi connectivity index (χ1v) is 12.0. The van der Waals surface area contributed by atoms with Crippen LogP contribution in [0, 0.1) is 23.2 Å². The van der Waals surface area contributed by atoms with Crippen molar-refractivity contribution in [3.8, 4) is 0 Å². The zero-order chi connectivity index (χ0) is 20.3. The SMILES string of the molecule is CC(NC(=O)c1cc(S(=O)(=O)N(C)C)ccc1Cl)C12CC3CC(CC(C3)C1)C2. The highest BCUT2D eigenvalue weighted by molar-refractivity contribution is 7.89. The van der Waals surface area contributed by atoms with Crippen LogP contribution in [0.4, 0.5) is 0 Å². The molecule has 1 amide bonds. The summed E-state index contributed by atoms with van der Waals surface area (Å²) in [4.78, 5) is 13.1. The largest absolute Gasteiger partial charge is 0.349 e. The number of nitrogens with one attached hydrogen (secondary N) is 1. The lowest BCUT2D eigenvalue weighted by molar-refractivity contribution is -0.0688. The lowest BCUT2D eigenvalue weighted by Gasteiger charge is -2.59. The first kappa shape index (κ1) is 20.2. The summed E-state index contributed by atoms with van der Waals surface area (Å²) in [5, 5.41) is 3.44. The fourth-order valence-electron chi connectivity index (χ4n) is 6.19. The monoisotopic (exact) mass is 424 g/mol. The second-order valence-electron chi connectivity index (χ2n) is 9.40. The Hall–Kier alpha value is -1.11. The van der Waals surface area contributed by atoms with E-state index in [0.717, 1.165) is 22.1 Å². The van der Waals surface area contributed by atoms with E-state index in [1.54, 1.807) is 0 Å². The molecule has 1 aromatic rings. The van der Waals surface area contributed by atoms with Gasteiger partial charge in [0.15, 0.2) is 0 Å². The van der Waals surface area contributed by atoms with E-state index in [9.17, 15) is 13.2 Å². The molecular weight excluding hydrogens is 396 g/mol. The molecule has 28 heavy (non-hydrogen) atoms. The van der Waals surface area contributed by atoms with Crippen LogP contribution >= 0.6 is 11.6 Å². The van der Waals surface area contributed by atoms with Crippen LogP contribution < -0.4 is 5.32 Å². The Labute approximate surface area is 172 Å². The molecule has 0 spiro atoms. The number of hydrogen-bond acceptors (Lipinski definition) is 3. The van der Waals surface area contributed by atoms with E-state index in [1.807, 2.05) is 0 Å². The van der Waals surface area contributed by atoms with Gasteiger partial charge in [0.2, 0.25) is 10.0 Å². The van der Waals surface area contributed by atoms with Crippen LogP contribution in [0.1, 0.15) is 55.8 Å². The van der Waals surface area contributed by atoms with Crippen molar-refractivity contribution in [2.75, 3.05) is 14.1 Å². The Kier molecular flexibility index (Phi) is 5.04. The zero-order valence-corrected chi connectivity index (χ0v) is 18.3. The number of sulfonamides is 1. The van der Waals surface area contributed by atoms with Gasteiger partial charge in [0.05, 0.1) is 15.5 Å². The Morgan fingerprint density at radius 1 is 1.14 bits per heavy atom. The molecule has 0 saturated heterocycles. The number of carbonyl (C=O) groups is 1. The molecule has 154 valence electrons. The molecule has 0 heterocycles. The van der Waals surface area contributed by atoms with Gasteiger partial charge in [0.25, 0.3) is 5.91 Å². The average Bonchev–Trinajstić information content (AvgIpc) is 2.60. The Morgan fingerprint density at radius 3 is 2.18 bits per heavy atom. The molecule has 0 aromatic heterocycles. The van der Waals surface area contributed by atoms with Crippen molar-refractivity contribution in [3.05, 3.63) is 28.8 Å². The third-order valence-electron chi connectivity index (χ3n) is 7.31. The van der Waals surface area contributed by atoms with E-state index in [2.05, 4.69) is 12.2 Å². The van der Waals surface area contributed by atoms with Crippen LogP contribution in [-0.4, -0.2) is 38.8 Å². The number of benzene rings is 1. The van der Waals surface area contributed by atoms with Gasteiger partial charge in [0, 0.05) is 20.1 Å². The highest BCUT2D eigenvalue weighted by Crippen LogP contribution is 2.61. The topological polar surface area (TPSA) is 66.5 Å². The molecule has 1 aromatic carbocycles. The van der Waals surface area contributed by atoms with Gasteiger partial charge in [-0.25, -0.2) is 12.7 Å². The van der Waals surface area contributed by atoms with Crippen LogP contribution in [0.25, 0.3) is 0 Å². The van der Waals surface area contributed by atoms with E-state index in [1.165, 1.54) is 70.8 Å². The second kappa shape index (κ2) is 6.99. The molecule has 4 saturated carbocycles. The smallest absolute Gasteiger partial charge is 0.253 e. The van der Waals surface area contributed by atoms with E-state index in [0.29, 0.717) is 0 Å². The average molecular weight is 425 g/mol. The maximum absolute atomic E-state index is 13.0. The Morgan fingerprint density at radius 2 is 1.68 bits per heavy atom. The number of carbonyl (C=O) groups excluding carboxylic acids is 1. The Bertz CT molecular complexity index is 862. The fraction of sp³-hybridized carbons (Fsp3) is 0.667. The molecule has 5 nitrogen and oxygen atoms in total. The van der Waals surface area contributed by atoms with E-state index < -0.39 is 10.0 Å². The van der Waals surface area contributed by atoms with Crippen LogP contribution in [0.5, 0.6) is 0 Å². The molecule has 4 aliphatic rings. The van der Waals surface area contributed by atoms with Crippen molar-refractivity contribution in [3.63, 3.8) is 0 Å². The van der Waals surface area contributed by atoms with Crippen LogP contribution in [0.15, 0.2) is 23.1 Å². The molecule has 0 aliphatic heterocycles. The standard InChI is InChI=1S/C21H29ClN2O3S/c1-13(21-10-14-6-15(11-21)8-16(7-14)12-21)23-20(25)18-9-17(4-5-19(18)22)28(26,27)24(2)3/h4-5,9,13-16H,6-8,10-12H2,1-3H3,(H,23,25). The third-order valence-corrected chi connectivity index (χ3v) is 9.45. The summed E-state index contributed by atoms with van der Waals surface area (Å²) in [5.41, 5.74) is 0.408. The summed E-state index contributed by atoms with van der Waals surface area (Å²) in [6.07, 6.45) is 7.66. The van der Waals surface area contributed by atoms with Gasteiger partial charge in [-0.15, -0.1) is 0 Å². The quantitative estimate of drug-likeness (QED) is 0.778. The van der Waals surface area contributed by atoms with Gasteiger partial charge >= 0.3 is 0 Å². The summed E-state index contributed by atoms with van der Waals surface area (Å²) in [6, 6.07) is 4.37. The second-order valence-corrected chi connectivity index (χ2v) is 12.0. The van der Waals surface area contributed by atoms with Gasteiger partial charge < -0.3 is 5.32 Å². The third kappa shape index (κ3) is 3.37. The minimum Gasteiger partial charge on any atom is -0.349 e. The molecule has 4 bridgehead atoms. The van der Waals surface area contributed by atoms with E-state index in [-0.39, 0.29) is 32.8 Å². The zero-order valence-electron chi connectivity index (χ0n) is 16.7. The minimum absolute atomic E-state index is 0.0542. The molecule has 1 N–H and O–H groups in total. The van der Waals surface area contributed by atoms with Gasteiger partial charge in [-0.2, -0.15) is 0 Å². The van der Waals surface area contributed by atoms with Crippen molar-refractivity contribution in [2.24, 2.45) is 23.2 Å². The maximum Gasteiger partial charge on any atom is 0.253 e. The van der Waals surface area contributed by atoms with Gasteiger partial charge in [-0.1, -0.05) is 11.6 Å². The predicted octanol–water partition coefficient (Wildman–Crippen LogP) is 3.93. The summed E-state index contributed by atoms with van der Waals surface area (Å²) < 4.78 is 26.0. The van der Waals surface area contributed by atoms with Gasteiger partial charge in [-0.3, -0.25) is 4.79 Å². The molecule has 1 unspecified atom stereocenters. The minimum atomic E-state index is -3.62. The number of amides is 1. The van der Waals surface area contributed by atoms with Crippen molar-refractivity contribution in [1.29, 1.82) is 0 Å².